The molecule has 0 radical (unpaired) electrons. The summed E-state index contributed by atoms with van der Waals surface area (Å²) in [5.41, 5.74) is 0.131. The number of nitro groups is 1. The van der Waals surface area contributed by atoms with Gasteiger partial charge in [-0.25, -0.2) is 4.98 Å². The molecule has 0 saturated carbocycles. The molecule has 0 N–H and O–H groups in total. The first-order valence-electron chi connectivity index (χ1n) is 4.81. The van der Waals surface area contributed by atoms with Gasteiger partial charge in [0.05, 0.1) is 4.92 Å². The normalized spacial score (nSPS) is 10.9. The third-order valence-electron chi connectivity index (χ3n) is 2.12. The van der Waals surface area contributed by atoms with Crippen LogP contribution < -0.4 is 0 Å². The number of rotatable bonds is 3. The number of aromatic nitrogens is 2. The number of nitrogens with zero attached hydrogens (tertiary/aromatic N) is 5. The molecule has 1 heterocycles. The largest absolute Gasteiger partial charge is 0.317 e. The zero-order chi connectivity index (χ0) is 12.3. The van der Waals surface area contributed by atoms with Crippen LogP contribution in [-0.4, -0.2) is 14.5 Å². The predicted molar refractivity (Wildman–Crippen MR) is 60.5 cm³/mol. The maximum Gasteiger partial charge on any atom is 0.296 e. The van der Waals surface area contributed by atoms with E-state index < -0.39 is 4.92 Å². The fraction of sp³-hybridized carbons (Fsp3) is 0.100. The van der Waals surface area contributed by atoms with Gasteiger partial charge in [-0.1, -0.05) is 12.1 Å². The maximum absolute atomic E-state index is 10.7. The lowest BCUT2D eigenvalue weighted by Gasteiger charge is -1.95. The van der Waals surface area contributed by atoms with Crippen LogP contribution in [0, 0.1) is 10.1 Å². The summed E-state index contributed by atoms with van der Waals surface area (Å²) in [6.45, 7) is 0. The molecule has 0 unspecified atom stereocenters. The Hall–Kier alpha value is -2.57. The molecule has 0 fully saturated rings. The molecule has 0 aliphatic carbocycles. The van der Waals surface area contributed by atoms with E-state index in [1.165, 1.54) is 12.1 Å². The third kappa shape index (κ3) is 2.33. The zero-order valence-electron chi connectivity index (χ0n) is 9.02. The quantitative estimate of drug-likeness (QED) is 0.462. The zero-order valence-corrected chi connectivity index (χ0v) is 9.02. The topological polar surface area (TPSA) is 85.7 Å². The molecule has 0 spiro atoms. The minimum absolute atomic E-state index is 0.0783. The third-order valence-corrected chi connectivity index (χ3v) is 2.12. The van der Waals surface area contributed by atoms with Gasteiger partial charge in [0, 0.05) is 25.5 Å². The first-order chi connectivity index (χ1) is 8.18. The molecule has 7 heteroatoms. The summed E-state index contributed by atoms with van der Waals surface area (Å²) in [7, 11) is 1.76. The molecule has 0 aliphatic heterocycles. The molecule has 0 atom stereocenters. The van der Waals surface area contributed by atoms with E-state index in [9.17, 15) is 10.1 Å². The van der Waals surface area contributed by atoms with Gasteiger partial charge in [-0.2, -0.15) is 0 Å². The standard InChI is InChI=1S/C10H9N5O2/c1-14-7-6-11-10(14)13-12-8-4-2-3-5-9(8)15(16)17/h2-7H,1H3. The lowest BCUT2D eigenvalue weighted by molar-refractivity contribution is -0.384. The molecular formula is C10H9N5O2. The van der Waals surface area contributed by atoms with Gasteiger partial charge in [-0.3, -0.25) is 10.1 Å². The summed E-state index contributed by atoms with van der Waals surface area (Å²) in [4.78, 5) is 14.2. The monoisotopic (exact) mass is 231 g/mol. The maximum atomic E-state index is 10.7. The van der Waals surface area contributed by atoms with Gasteiger partial charge in [-0.05, 0) is 6.07 Å². The van der Waals surface area contributed by atoms with Crippen molar-refractivity contribution in [1.29, 1.82) is 0 Å². The van der Waals surface area contributed by atoms with E-state index in [0.29, 0.717) is 5.95 Å². The molecule has 7 nitrogen and oxygen atoms in total. The van der Waals surface area contributed by atoms with E-state index in [2.05, 4.69) is 15.2 Å². The van der Waals surface area contributed by atoms with Gasteiger partial charge >= 0.3 is 0 Å². The van der Waals surface area contributed by atoms with E-state index in [1.54, 1.807) is 36.1 Å². The van der Waals surface area contributed by atoms with Crippen molar-refractivity contribution in [3.05, 3.63) is 46.8 Å². The van der Waals surface area contributed by atoms with Crippen molar-refractivity contribution in [1.82, 2.24) is 9.55 Å². The minimum Gasteiger partial charge on any atom is -0.317 e. The second-order valence-electron chi connectivity index (χ2n) is 3.28. The highest BCUT2D eigenvalue weighted by Crippen LogP contribution is 2.27. The Morgan fingerprint density at radius 1 is 1.35 bits per heavy atom. The Labute approximate surface area is 96.6 Å². The van der Waals surface area contributed by atoms with Gasteiger partial charge < -0.3 is 4.57 Å². The predicted octanol–water partition coefficient (Wildman–Crippen LogP) is 2.74. The Balaban J connectivity index is 2.33. The summed E-state index contributed by atoms with van der Waals surface area (Å²) in [5.74, 6) is 0.392. The number of hydrogen-bond acceptors (Lipinski definition) is 5. The molecule has 0 aliphatic rings. The molecule has 0 amide bonds. The SMILES string of the molecule is Cn1ccnc1N=Nc1ccccc1[N+](=O)[O-]. The van der Waals surface area contributed by atoms with Crippen LogP contribution in [0.25, 0.3) is 0 Å². The van der Waals surface area contributed by atoms with E-state index in [-0.39, 0.29) is 11.4 Å². The highest BCUT2D eigenvalue weighted by molar-refractivity contribution is 5.56. The molecule has 2 rings (SSSR count). The van der Waals surface area contributed by atoms with Crippen LogP contribution >= 0.6 is 0 Å². The average molecular weight is 231 g/mol. The first-order valence-corrected chi connectivity index (χ1v) is 4.81. The Morgan fingerprint density at radius 2 is 2.12 bits per heavy atom. The van der Waals surface area contributed by atoms with Gasteiger partial charge in [0.25, 0.3) is 5.69 Å². The van der Waals surface area contributed by atoms with Gasteiger partial charge in [0.2, 0.25) is 5.95 Å². The highest BCUT2D eigenvalue weighted by Gasteiger charge is 2.11. The summed E-state index contributed by atoms with van der Waals surface area (Å²) in [6.07, 6.45) is 3.29. The lowest BCUT2D eigenvalue weighted by atomic mass is 10.3. The number of nitro benzene ring substituents is 1. The number of benzene rings is 1. The number of aryl methyl sites for hydroxylation is 1. The lowest BCUT2D eigenvalue weighted by Crippen LogP contribution is -1.87. The van der Waals surface area contributed by atoms with Crippen molar-refractivity contribution in [3.63, 3.8) is 0 Å². The van der Waals surface area contributed by atoms with Crippen LogP contribution in [-0.2, 0) is 7.05 Å². The van der Waals surface area contributed by atoms with Crippen LogP contribution in [0.1, 0.15) is 0 Å². The van der Waals surface area contributed by atoms with Gasteiger partial charge in [0.15, 0.2) is 5.69 Å². The van der Waals surface area contributed by atoms with Gasteiger partial charge in [0.1, 0.15) is 0 Å². The fourth-order valence-electron chi connectivity index (χ4n) is 1.26. The summed E-state index contributed by atoms with van der Waals surface area (Å²) in [6, 6.07) is 6.16. The van der Waals surface area contributed by atoms with E-state index in [1.807, 2.05) is 0 Å². The number of hydrogen-bond donors (Lipinski definition) is 0. The molecule has 0 bridgehead atoms. The second-order valence-corrected chi connectivity index (χ2v) is 3.28. The number of azo groups is 1. The molecule has 1 aromatic heterocycles. The Bertz CT molecular complexity index is 576. The second kappa shape index (κ2) is 4.52. The Kier molecular flexibility index (Phi) is 2.91. The van der Waals surface area contributed by atoms with Crippen LogP contribution in [0.3, 0.4) is 0 Å². The molecule has 17 heavy (non-hydrogen) atoms. The van der Waals surface area contributed by atoms with Crippen molar-refractivity contribution in [2.45, 2.75) is 0 Å². The van der Waals surface area contributed by atoms with Crippen molar-refractivity contribution < 1.29 is 4.92 Å². The molecule has 2 aromatic rings. The number of imidazole rings is 1. The minimum atomic E-state index is -0.493. The first kappa shape index (κ1) is 10.9. The van der Waals surface area contributed by atoms with Crippen LogP contribution in [0.2, 0.25) is 0 Å². The fourth-order valence-corrected chi connectivity index (χ4v) is 1.26. The molecular weight excluding hydrogens is 222 g/mol. The average Bonchev–Trinajstić information content (AvgIpc) is 2.72. The Morgan fingerprint density at radius 3 is 2.76 bits per heavy atom. The van der Waals surface area contributed by atoms with E-state index in [0.717, 1.165) is 0 Å². The highest BCUT2D eigenvalue weighted by atomic mass is 16.6. The number of para-hydroxylation sites is 1. The van der Waals surface area contributed by atoms with E-state index >= 15 is 0 Å². The van der Waals surface area contributed by atoms with Crippen molar-refractivity contribution in [3.8, 4) is 0 Å². The van der Waals surface area contributed by atoms with Crippen LogP contribution in [0.4, 0.5) is 17.3 Å². The summed E-state index contributed by atoms with van der Waals surface area (Å²) in [5, 5.41) is 18.4. The van der Waals surface area contributed by atoms with Crippen molar-refractivity contribution in [2.24, 2.45) is 17.3 Å². The molecule has 0 saturated heterocycles. The van der Waals surface area contributed by atoms with Crippen molar-refractivity contribution in [2.75, 3.05) is 0 Å². The molecule has 86 valence electrons. The summed E-state index contributed by atoms with van der Waals surface area (Å²) < 4.78 is 1.66. The smallest absolute Gasteiger partial charge is 0.296 e. The summed E-state index contributed by atoms with van der Waals surface area (Å²) >= 11 is 0. The van der Waals surface area contributed by atoms with Gasteiger partial charge in [-0.15, -0.1) is 10.2 Å². The van der Waals surface area contributed by atoms with Crippen molar-refractivity contribution >= 4 is 17.3 Å². The van der Waals surface area contributed by atoms with Crippen LogP contribution in [0.5, 0.6) is 0 Å². The van der Waals surface area contributed by atoms with Crippen LogP contribution in [0.15, 0.2) is 46.9 Å². The molecule has 1 aromatic carbocycles. The van der Waals surface area contributed by atoms with E-state index in [4.69, 9.17) is 0 Å².